The summed E-state index contributed by atoms with van der Waals surface area (Å²) >= 11 is 0. The second-order valence-electron chi connectivity index (χ2n) is 5.51. The Morgan fingerprint density at radius 1 is 1.11 bits per heavy atom. The third-order valence-electron chi connectivity index (χ3n) is 2.92. The van der Waals surface area contributed by atoms with Crippen LogP contribution in [0.15, 0.2) is 42.7 Å². The van der Waals surface area contributed by atoms with Gasteiger partial charge in [0.2, 0.25) is 0 Å². The van der Waals surface area contributed by atoms with Crippen molar-refractivity contribution in [2.24, 2.45) is 0 Å². The Hall–Kier alpha value is -2.03. The van der Waals surface area contributed by atoms with E-state index >= 15 is 0 Å². The molecule has 0 radical (unpaired) electrons. The highest BCUT2D eigenvalue weighted by atomic mass is 16.5. The predicted octanol–water partition coefficient (Wildman–Crippen LogP) is 4.21. The van der Waals surface area contributed by atoms with Gasteiger partial charge in [-0.2, -0.15) is 0 Å². The first-order chi connectivity index (χ1) is 9.00. The van der Waals surface area contributed by atoms with E-state index in [0.29, 0.717) is 0 Å². The number of hydrogen-bond acceptors (Lipinski definition) is 3. The van der Waals surface area contributed by atoms with Crippen molar-refractivity contribution in [1.82, 2.24) is 4.98 Å². The maximum absolute atomic E-state index is 5.98. The van der Waals surface area contributed by atoms with Gasteiger partial charge in [0.15, 0.2) is 0 Å². The summed E-state index contributed by atoms with van der Waals surface area (Å²) in [5.41, 5.74) is 2.17. The van der Waals surface area contributed by atoms with Gasteiger partial charge in [-0.25, -0.2) is 0 Å². The minimum absolute atomic E-state index is 0.0463. The van der Waals surface area contributed by atoms with Crippen molar-refractivity contribution < 1.29 is 4.74 Å². The zero-order valence-electron chi connectivity index (χ0n) is 11.9. The summed E-state index contributed by atoms with van der Waals surface area (Å²) in [7, 11) is 1.86. The van der Waals surface area contributed by atoms with E-state index in [4.69, 9.17) is 4.74 Å². The van der Waals surface area contributed by atoms with Crippen LogP contribution in [0.1, 0.15) is 26.3 Å². The number of benzene rings is 1. The lowest BCUT2D eigenvalue weighted by Crippen LogP contribution is -2.12. The van der Waals surface area contributed by atoms with Gasteiger partial charge < -0.3 is 10.1 Å². The highest BCUT2D eigenvalue weighted by Gasteiger charge is 2.18. The van der Waals surface area contributed by atoms with Gasteiger partial charge in [-0.3, -0.25) is 4.98 Å². The van der Waals surface area contributed by atoms with Crippen LogP contribution in [0.5, 0.6) is 11.5 Å². The molecule has 19 heavy (non-hydrogen) atoms. The largest absolute Gasteiger partial charge is 0.455 e. The van der Waals surface area contributed by atoms with Gasteiger partial charge in [-0.1, -0.05) is 39.0 Å². The lowest BCUT2D eigenvalue weighted by atomic mass is 9.86. The van der Waals surface area contributed by atoms with E-state index in [2.05, 4.69) is 37.1 Å². The fraction of sp³-hybridized carbons (Fsp3) is 0.312. The zero-order valence-corrected chi connectivity index (χ0v) is 11.9. The van der Waals surface area contributed by atoms with Crippen molar-refractivity contribution in [2.75, 3.05) is 12.4 Å². The molecule has 1 aromatic heterocycles. The molecular weight excluding hydrogens is 236 g/mol. The summed E-state index contributed by atoms with van der Waals surface area (Å²) < 4.78 is 5.98. The predicted molar refractivity (Wildman–Crippen MR) is 79.0 cm³/mol. The molecule has 0 aliphatic heterocycles. The second kappa shape index (κ2) is 5.31. The first-order valence-corrected chi connectivity index (χ1v) is 6.41. The third-order valence-corrected chi connectivity index (χ3v) is 2.92. The summed E-state index contributed by atoms with van der Waals surface area (Å²) in [5.74, 6) is 1.62. The number of rotatable bonds is 3. The quantitative estimate of drug-likeness (QED) is 0.893. The number of pyridine rings is 1. The number of hydrogen-bond donors (Lipinski definition) is 1. The molecule has 3 heteroatoms. The lowest BCUT2D eigenvalue weighted by Gasteiger charge is -2.22. The smallest absolute Gasteiger partial charge is 0.147 e. The number of nitrogens with zero attached hydrogens (tertiary/aromatic N) is 1. The molecule has 1 heterocycles. The SMILES string of the molecule is CNc1cncc(Oc2ccccc2C(C)(C)C)c1. The Morgan fingerprint density at radius 3 is 2.53 bits per heavy atom. The van der Waals surface area contributed by atoms with E-state index in [0.717, 1.165) is 17.2 Å². The van der Waals surface area contributed by atoms with E-state index in [1.54, 1.807) is 12.4 Å². The van der Waals surface area contributed by atoms with Crippen molar-refractivity contribution in [3.63, 3.8) is 0 Å². The molecule has 0 atom stereocenters. The van der Waals surface area contributed by atoms with Crippen LogP contribution in [0.4, 0.5) is 5.69 Å². The van der Waals surface area contributed by atoms with Gasteiger partial charge in [0, 0.05) is 18.7 Å². The van der Waals surface area contributed by atoms with Crippen LogP contribution in [0.2, 0.25) is 0 Å². The maximum Gasteiger partial charge on any atom is 0.147 e. The van der Waals surface area contributed by atoms with Crippen LogP contribution in [-0.2, 0) is 5.41 Å². The molecule has 100 valence electrons. The van der Waals surface area contributed by atoms with Gasteiger partial charge in [-0.15, -0.1) is 0 Å². The topological polar surface area (TPSA) is 34.2 Å². The number of nitrogens with one attached hydrogen (secondary N) is 1. The monoisotopic (exact) mass is 256 g/mol. The van der Waals surface area contributed by atoms with Crippen LogP contribution in [0.3, 0.4) is 0 Å². The first kappa shape index (κ1) is 13.4. The first-order valence-electron chi connectivity index (χ1n) is 6.41. The number of para-hydroxylation sites is 1. The highest BCUT2D eigenvalue weighted by Crippen LogP contribution is 2.34. The summed E-state index contributed by atoms with van der Waals surface area (Å²) in [4.78, 5) is 4.16. The summed E-state index contributed by atoms with van der Waals surface area (Å²) in [5, 5.41) is 3.06. The van der Waals surface area contributed by atoms with Gasteiger partial charge in [-0.05, 0) is 11.5 Å². The molecule has 3 nitrogen and oxygen atoms in total. The van der Waals surface area contributed by atoms with E-state index in [9.17, 15) is 0 Å². The Morgan fingerprint density at radius 2 is 1.84 bits per heavy atom. The van der Waals surface area contributed by atoms with Gasteiger partial charge in [0.05, 0.1) is 18.1 Å². The van der Waals surface area contributed by atoms with E-state index in [1.165, 1.54) is 5.56 Å². The molecule has 0 aliphatic carbocycles. The second-order valence-corrected chi connectivity index (χ2v) is 5.51. The van der Waals surface area contributed by atoms with Crippen molar-refractivity contribution in [2.45, 2.75) is 26.2 Å². The summed E-state index contributed by atoms with van der Waals surface area (Å²) in [6, 6.07) is 10.1. The van der Waals surface area contributed by atoms with E-state index < -0.39 is 0 Å². The average molecular weight is 256 g/mol. The van der Waals surface area contributed by atoms with Gasteiger partial charge in [0.25, 0.3) is 0 Å². The minimum Gasteiger partial charge on any atom is -0.455 e. The summed E-state index contributed by atoms with van der Waals surface area (Å²) in [6.07, 6.45) is 3.49. The fourth-order valence-corrected chi connectivity index (χ4v) is 1.91. The van der Waals surface area contributed by atoms with Crippen molar-refractivity contribution in [1.29, 1.82) is 0 Å². The molecule has 0 bridgehead atoms. The third kappa shape index (κ3) is 3.25. The molecule has 2 rings (SSSR count). The molecule has 1 aromatic carbocycles. The molecule has 0 saturated carbocycles. The van der Waals surface area contributed by atoms with Crippen LogP contribution in [0.25, 0.3) is 0 Å². The minimum atomic E-state index is 0.0463. The highest BCUT2D eigenvalue weighted by molar-refractivity contribution is 5.47. The van der Waals surface area contributed by atoms with Crippen LogP contribution < -0.4 is 10.1 Å². The van der Waals surface area contributed by atoms with Crippen molar-refractivity contribution in [3.8, 4) is 11.5 Å². The Kier molecular flexibility index (Phi) is 3.74. The molecule has 0 spiro atoms. The number of aromatic nitrogens is 1. The number of ether oxygens (including phenoxy) is 1. The van der Waals surface area contributed by atoms with E-state index in [-0.39, 0.29) is 5.41 Å². The number of anilines is 1. The Bertz CT molecular complexity index is 559. The maximum atomic E-state index is 5.98. The molecule has 0 amide bonds. The van der Waals surface area contributed by atoms with Crippen LogP contribution in [0, 0.1) is 0 Å². The normalized spacial score (nSPS) is 11.2. The van der Waals surface area contributed by atoms with Crippen LogP contribution >= 0.6 is 0 Å². The van der Waals surface area contributed by atoms with Crippen LogP contribution in [-0.4, -0.2) is 12.0 Å². The van der Waals surface area contributed by atoms with Gasteiger partial charge >= 0.3 is 0 Å². The molecule has 1 N–H and O–H groups in total. The molecule has 0 fully saturated rings. The van der Waals surface area contributed by atoms with E-state index in [1.807, 2.05) is 31.3 Å². The standard InChI is InChI=1S/C16H20N2O/c1-16(2,3)14-7-5-6-8-15(14)19-13-9-12(17-4)10-18-11-13/h5-11,17H,1-4H3. The Balaban J connectivity index is 2.33. The average Bonchev–Trinajstić information content (AvgIpc) is 2.38. The molecule has 2 aromatic rings. The molecule has 0 aliphatic rings. The Labute approximate surface area is 114 Å². The molecule has 0 saturated heterocycles. The van der Waals surface area contributed by atoms with Gasteiger partial charge in [0.1, 0.15) is 11.5 Å². The van der Waals surface area contributed by atoms with Crippen molar-refractivity contribution >= 4 is 5.69 Å². The fourth-order valence-electron chi connectivity index (χ4n) is 1.91. The summed E-state index contributed by atoms with van der Waals surface area (Å²) in [6.45, 7) is 6.53. The zero-order chi connectivity index (χ0) is 13.9. The van der Waals surface area contributed by atoms with Crippen molar-refractivity contribution in [3.05, 3.63) is 48.3 Å². The lowest BCUT2D eigenvalue weighted by molar-refractivity contribution is 0.454. The molecular formula is C16H20N2O. The molecule has 0 unspecified atom stereocenters.